The van der Waals surface area contributed by atoms with Crippen LogP contribution in [0.1, 0.15) is 16.0 Å². The minimum Gasteiger partial charge on any atom is -0.144 e. The summed E-state index contributed by atoms with van der Waals surface area (Å²) in [7, 11) is 0. The average molecular weight is 162 g/mol. The fourth-order valence-electron chi connectivity index (χ4n) is 1.30. The van der Waals surface area contributed by atoms with Gasteiger partial charge < -0.3 is 0 Å². The van der Waals surface area contributed by atoms with E-state index in [1.165, 1.54) is 16.0 Å². The van der Waals surface area contributed by atoms with Crippen molar-refractivity contribution in [1.29, 1.82) is 0 Å². The lowest BCUT2D eigenvalue weighted by Crippen LogP contribution is -1.81. The normalized spacial score (nSPS) is 14.6. The average Bonchev–Trinajstić information content (AvgIpc) is 2.25. The number of allylic oxidation sites excluding steroid dienone is 3. The molecule has 0 unspecified atom stereocenters. The number of aryl methyl sites for hydroxylation is 1. The second kappa shape index (κ2) is 2.67. The molecule has 0 aliphatic heterocycles. The van der Waals surface area contributed by atoms with Gasteiger partial charge in [0.2, 0.25) is 0 Å². The second-order valence-electron chi connectivity index (χ2n) is 2.75. The quantitative estimate of drug-likeness (QED) is 0.549. The van der Waals surface area contributed by atoms with Crippen molar-refractivity contribution in [2.45, 2.75) is 13.3 Å². The van der Waals surface area contributed by atoms with Crippen molar-refractivity contribution in [3.63, 3.8) is 0 Å². The molecule has 2 rings (SSSR count). The first-order valence-electron chi connectivity index (χ1n) is 3.78. The molecule has 0 saturated carbocycles. The van der Waals surface area contributed by atoms with Crippen LogP contribution in [0.25, 0.3) is 6.08 Å². The van der Waals surface area contributed by atoms with Crippen LogP contribution in [0.4, 0.5) is 0 Å². The fourth-order valence-corrected chi connectivity index (χ4v) is 2.29. The Bertz CT molecular complexity index is 316. The SMILES string of the molecule is Cc1csc2c1CC=CC=C2. The van der Waals surface area contributed by atoms with Gasteiger partial charge >= 0.3 is 0 Å². The highest BCUT2D eigenvalue weighted by atomic mass is 32.1. The molecular formula is C10H10S. The van der Waals surface area contributed by atoms with Crippen LogP contribution in [0.5, 0.6) is 0 Å². The lowest BCUT2D eigenvalue weighted by molar-refractivity contribution is 1.24. The summed E-state index contributed by atoms with van der Waals surface area (Å²) in [5.74, 6) is 0. The Kier molecular flexibility index (Phi) is 1.66. The molecule has 1 aliphatic rings. The molecule has 1 aromatic rings. The van der Waals surface area contributed by atoms with Gasteiger partial charge in [-0.1, -0.05) is 18.2 Å². The minimum absolute atomic E-state index is 1.09. The summed E-state index contributed by atoms with van der Waals surface area (Å²) in [4.78, 5) is 1.42. The van der Waals surface area contributed by atoms with Crippen molar-refractivity contribution >= 4 is 17.4 Å². The third kappa shape index (κ3) is 1.16. The van der Waals surface area contributed by atoms with Crippen LogP contribution in [0.2, 0.25) is 0 Å². The molecule has 1 aliphatic carbocycles. The van der Waals surface area contributed by atoms with Crippen LogP contribution >= 0.6 is 11.3 Å². The van der Waals surface area contributed by atoms with Crippen LogP contribution in [-0.2, 0) is 6.42 Å². The maximum Gasteiger partial charge on any atom is 0.0308 e. The van der Waals surface area contributed by atoms with Crippen molar-refractivity contribution in [3.8, 4) is 0 Å². The Morgan fingerprint density at radius 1 is 1.36 bits per heavy atom. The highest BCUT2D eigenvalue weighted by Gasteiger charge is 2.04. The highest BCUT2D eigenvalue weighted by Crippen LogP contribution is 2.25. The molecule has 0 saturated heterocycles. The van der Waals surface area contributed by atoms with E-state index >= 15 is 0 Å². The van der Waals surface area contributed by atoms with Crippen LogP contribution in [0.15, 0.2) is 23.6 Å². The summed E-state index contributed by atoms with van der Waals surface area (Å²) in [5, 5.41) is 2.23. The Labute approximate surface area is 70.9 Å². The summed E-state index contributed by atoms with van der Waals surface area (Å²) in [6, 6.07) is 0. The summed E-state index contributed by atoms with van der Waals surface area (Å²) >= 11 is 1.84. The monoisotopic (exact) mass is 162 g/mol. The van der Waals surface area contributed by atoms with E-state index in [4.69, 9.17) is 0 Å². The molecule has 1 aromatic heterocycles. The Morgan fingerprint density at radius 3 is 3.18 bits per heavy atom. The van der Waals surface area contributed by atoms with E-state index in [9.17, 15) is 0 Å². The minimum atomic E-state index is 1.09. The second-order valence-corrected chi connectivity index (χ2v) is 3.66. The molecule has 1 heteroatoms. The first kappa shape index (κ1) is 6.86. The molecule has 0 radical (unpaired) electrons. The number of fused-ring (bicyclic) bond motifs is 1. The van der Waals surface area contributed by atoms with Crippen LogP contribution in [0, 0.1) is 6.92 Å². The summed E-state index contributed by atoms with van der Waals surface area (Å²) in [6.45, 7) is 2.18. The van der Waals surface area contributed by atoms with Crippen molar-refractivity contribution in [2.75, 3.05) is 0 Å². The van der Waals surface area contributed by atoms with Gasteiger partial charge in [-0.3, -0.25) is 0 Å². The van der Waals surface area contributed by atoms with Gasteiger partial charge in [-0.15, -0.1) is 11.3 Å². The largest absolute Gasteiger partial charge is 0.144 e. The molecule has 0 spiro atoms. The summed E-state index contributed by atoms with van der Waals surface area (Å²) in [5.41, 5.74) is 2.93. The molecule has 0 bridgehead atoms. The van der Waals surface area contributed by atoms with Crippen molar-refractivity contribution in [2.24, 2.45) is 0 Å². The molecule has 1 heterocycles. The number of hydrogen-bond donors (Lipinski definition) is 0. The van der Waals surface area contributed by atoms with E-state index in [2.05, 4.69) is 36.6 Å². The molecular weight excluding hydrogens is 152 g/mol. The van der Waals surface area contributed by atoms with Gasteiger partial charge in [0.15, 0.2) is 0 Å². The molecule has 0 aromatic carbocycles. The lowest BCUT2D eigenvalue weighted by atomic mass is 10.1. The first-order valence-corrected chi connectivity index (χ1v) is 4.66. The Balaban J connectivity index is 2.55. The van der Waals surface area contributed by atoms with Crippen molar-refractivity contribution < 1.29 is 0 Å². The molecule has 11 heavy (non-hydrogen) atoms. The van der Waals surface area contributed by atoms with Gasteiger partial charge in [-0.05, 0) is 35.9 Å². The topological polar surface area (TPSA) is 0 Å². The van der Waals surface area contributed by atoms with Crippen LogP contribution in [0.3, 0.4) is 0 Å². The predicted octanol–water partition coefficient (Wildman–Crippen LogP) is 3.18. The van der Waals surface area contributed by atoms with Crippen molar-refractivity contribution in [3.05, 3.63) is 39.6 Å². The van der Waals surface area contributed by atoms with E-state index < -0.39 is 0 Å². The van der Waals surface area contributed by atoms with Gasteiger partial charge in [0.25, 0.3) is 0 Å². The van der Waals surface area contributed by atoms with Gasteiger partial charge in [-0.25, -0.2) is 0 Å². The summed E-state index contributed by atoms with van der Waals surface area (Å²) < 4.78 is 0. The zero-order valence-corrected chi connectivity index (χ0v) is 7.32. The van der Waals surface area contributed by atoms with Crippen molar-refractivity contribution in [1.82, 2.24) is 0 Å². The smallest absolute Gasteiger partial charge is 0.0308 e. The Morgan fingerprint density at radius 2 is 2.27 bits per heavy atom. The van der Waals surface area contributed by atoms with E-state index in [0.717, 1.165) is 6.42 Å². The number of hydrogen-bond acceptors (Lipinski definition) is 1. The first-order chi connectivity index (χ1) is 5.38. The standard InChI is InChI=1S/C10H10S/c1-8-7-11-10-6-4-2-3-5-9(8)10/h2-4,6-7H,5H2,1H3. The van der Waals surface area contributed by atoms with Gasteiger partial charge in [-0.2, -0.15) is 0 Å². The predicted molar refractivity (Wildman–Crippen MR) is 50.9 cm³/mol. The van der Waals surface area contributed by atoms with Gasteiger partial charge in [0, 0.05) is 4.88 Å². The maximum absolute atomic E-state index is 2.23. The van der Waals surface area contributed by atoms with E-state index in [1.807, 2.05) is 11.3 Å². The molecule has 0 nitrogen and oxygen atoms in total. The van der Waals surface area contributed by atoms with E-state index in [0.29, 0.717) is 0 Å². The van der Waals surface area contributed by atoms with Gasteiger partial charge in [0.1, 0.15) is 0 Å². The number of thiophene rings is 1. The van der Waals surface area contributed by atoms with E-state index in [-0.39, 0.29) is 0 Å². The zero-order chi connectivity index (χ0) is 7.68. The molecule has 56 valence electrons. The maximum atomic E-state index is 2.23. The van der Waals surface area contributed by atoms with Crippen LogP contribution < -0.4 is 0 Å². The molecule has 0 atom stereocenters. The third-order valence-corrected chi connectivity index (χ3v) is 3.06. The summed E-state index contributed by atoms with van der Waals surface area (Å²) in [6.07, 6.45) is 9.73. The molecule has 0 amide bonds. The fraction of sp³-hybridized carbons (Fsp3) is 0.200. The number of rotatable bonds is 0. The Hall–Kier alpha value is -0.820. The van der Waals surface area contributed by atoms with E-state index in [1.54, 1.807) is 0 Å². The lowest BCUT2D eigenvalue weighted by Gasteiger charge is -1.94. The third-order valence-electron chi connectivity index (χ3n) is 1.95. The highest BCUT2D eigenvalue weighted by molar-refractivity contribution is 7.11. The van der Waals surface area contributed by atoms with Gasteiger partial charge in [0.05, 0.1) is 0 Å². The molecule has 0 N–H and O–H groups in total. The molecule has 0 fully saturated rings. The van der Waals surface area contributed by atoms with Crippen LogP contribution in [-0.4, -0.2) is 0 Å². The zero-order valence-electron chi connectivity index (χ0n) is 6.50.